The zero-order valence-corrected chi connectivity index (χ0v) is 37.3. The Morgan fingerprint density at radius 1 is 0.966 bits per heavy atom. The van der Waals surface area contributed by atoms with Gasteiger partial charge in [0.2, 0.25) is 23.6 Å². The van der Waals surface area contributed by atoms with Gasteiger partial charge in [-0.15, -0.1) is 0 Å². The molecule has 0 spiro atoms. The number of aliphatic carboxylic acids is 1. The third kappa shape index (κ3) is 10.4. The summed E-state index contributed by atoms with van der Waals surface area (Å²) in [5.41, 5.74) is -0.0133. The Kier molecular flexibility index (Phi) is 16.4. The zero-order valence-electron chi connectivity index (χ0n) is 37.3. The number of piperidine rings is 1. The van der Waals surface area contributed by atoms with E-state index in [4.69, 9.17) is 9.47 Å². The van der Waals surface area contributed by atoms with Crippen molar-refractivity contribution in [2.45, 2.75) is 161 Å². The van der Waals surface area contributed by atoms with Crippen molar-refractivity contribution < 1.29 is 38.6 Å². The first-order chi connectivity index (χ1) is 27.3. The maximum Gasteiger partial charge on any atom is 0.326 e. The molecular formula is C45H73N5O8. The Balaban J connectivity index is 1.53. The minimum absolute atomic E-state index is 0.000685. The average molecular weight is 812 g/mol. The quantitative estimate of drug-likeness (QED) is 0.200. The summed E-state index contributed by atoms with van der Waals surface area (Å²) in [7, 11) is 6.85. The highest BCUT2D eigenvalue weighted by Crippen LogP contribution is 2.41. The molecule has 2 N–H and O–H groups in total. The van der Waals surface area contributed by atoms with Crippen LogP contribution in [0.15, 0.2) is 30.3 Å². The molecule has 13 nitrogen and oxygen atoms in total. The van der Waals surface area contributed by atoms with Crippen molar-refractivity contribution in [1.29, 1.82) is 0 Å². The third-order valence-electron chi connectivity index (χ3n) is 13.5. The molecular weight excluding hydrogens is 739 g/mol. The van der Waals surface area contributed by atoms with E-state index in [0.29, 0.717) is 31.3 Å². The van der Waals surface area contributed by atoms with Gasteiger partial charge in [-0.25, -0.2) is 4.79 Å². The molecule has 3 fully saturated rings. The van der Waals surface area contributed by atoms with E-state index >= 15 is 0 Å². The monoisotopic (exact) mass is 812 g/mol. The van der Waals surface area contributed by atoms with Crippen LogP contribution in [0.3, 0.4) is 0 Å². The molecule has 2 bridgehead atoms. The highest BCUT2D eigenvalue weighted by Gasteiger charge is 2.49. The molecule has 7 unspecified atom stereocenters. The van der Waals surface area contributed by atoms with Crippen molar-refractivity contribution in [2.75, 3.05) is 34.9 Å². The lowest BCUT2D eigenvalue weighted by Crippen LogP contribution is -2.60. The van der Waals surface area contributed by atoms with Crippen LogP contribution in [0.1, 0.15) is 106 Å². The Labute approximate surface area is 347 Å². The SMILES string of the molecule is CCC(C)C(C(CC(=O)N1CCC[C@H]1C(OC)C(C)C(=O)N(C(Cc1ccccc1)C(=O)O)C(C)(C)C)OC)N(C)C(=O)C(NC(=O)[C@@H]1[C@H]2CC[C@H](C2)N1C)C(C)C. The molecule has 0 radical (unpaired) electrons. The molecule has 2 saturated heterocycles. The number of benzene rings is 1. The van der Waals surface area contributed by atoms with Crippen LogP contribution in [0, 0.1) is 23.7 Å². The predicted molar refractivity (Wildman–Crippen MR) is 224 cm³/mol. The van der Waals surface area contributed by atoms with E-state index in [1.165, 1.54) is 12.0 Å². The molecule has 4 rings (SSSR count). The lowest BCUT2D eigenvalue weighted by molar-refractivity contribution is -0.161. The van der Waals surface area contributed by atoms with Gasteiger partial charge in [0, 0.05) is 45.8 Å². The second-order valence-corrected chi connectivity index (χ2v) is 18.6. The number of carboxylic acid groups (broad SMARTS) is 1. The number of carbonyl (C=O) groups is 5. The van der Waals surface area contributed by atoms with Crippen LogP contribution in [0.4, 0.5) is 0 Å². The molecule has 2 aliphatic heterocycles. The van der Waals surface area contributed by atoms with E-state index in [1.807, 2.05) is 85.8 Å². The van der Waals surface area contributed by atoms with Gasteiger partial charge < -0.3 is 34.6 Å². The first kappa shape index (κ1) is 47.1. The number of methoxy groups -OCH3 is 2. The van der Waals surface area contributed by atoms with Gasteiger partial charge in [0.15, 0.2) is 0 Å². The van der Waals surface area contributed by atoms with E-state index in [9.17, 15) is 29.1 Å². The summed E-state index contributed by atoms with van der Waals surface area (Å²) >= 11 is 0. The molecule has 0 aromatic heterocycles. The lowest BCUT2D eigenvalue weighted by Gasteiger charge is -2.44. The standard InChI is InChI=1S/C45H73N5O8/c1-13-28(4)38(48(10)43(54)37(27(2)3)46-41(52)39-31-21-22-32(25-31)47(39)9)35(57-11)26-36(51)49-23-17-20-33(49)40(58-12)29(5)42(53)50(45(6,7)8)34(44(55)56)24-30-18-15-14-16-19-30/h14-16,18-19,27-29,31-35,37-40H,13,17,20-26H2,1-12H3,(H,46,52)(H,55,56)/t28?,29?,31-,32+,33-,34?,35?,37?,38?,39-,40?/m0/s1. The Morgan fingerprint density at radius 3 is 2.14 bits per heavy atom. The maximum absolute atomic E-state index is 14.5. The van der Waals surface area contributed by atoms with Crippen molar-refractivity contribution in [2.24, 2.45) is 23.7 Å². The summed E-state index contributed by atoms with van der Waals surface area (Å²) in [6.45, 7) is 15.7. The lowest BCUT2D eigenvalue weighted by atomic mass is 9.88. The van der Waals surface area contributed by atoms with Crippen LogP contribution >= 0.6 is 0 Å². The molecule has 11 atom stereocenters. The Bertz CT molecular complexity index is 1570. The summed E-state index contributed by atoms with van der Waals surface area (Å²) in [6.07, 6.45) is 4.00. The molecule has 2 heterocycles. The van der Waals surface area contributed by atoms with Gasteiger partial charge in [0.25, 0.3) is 0 Å². The van der Waals surface area contributed by atoms with Gasteiger partial charge in [-0.3, -0.25) is 24.1 Å². The molecule has 326 valence electrons. The Morgan fingerprint density at radius 2 is 1.62 bits per heavy atom. The summed E-state index contributed by atoms with van der Waals surface area (Å²) in [5.74, 6) is -2.59. The molecule has 4 amide bonds. The highest BCUT2D eigenvalue weighted by molar-refractivity contribution is 5.91. The van der Waals surface area contributed by atoms with Gasteiger partial charge in [-0.2, -0.15) is 0 Å². The van der Waals surface area contributed by atoms with Crippen molar-refractivity contribution in [3.63, 3.8) is 0 Å². The second kappa shape index (κ2) is 20.1. The fourth-order valence-electron chi connectivity index (χ4n) is 10.2. The molecule has 1 aliphatic carbocycles. The molecule has 13 heteroatoms. The van der Waals surface area contributed by atoms with Crippen LogP contribution in [-0.2, 0) is 39.9 Å². The van der Waals surface area contributed by atoms with Crippen molar-refractivity contribution >= 4 is 29.6 Å². The average Bonchev–Trinajstić information content (AvgIpc) is 3.93. The number of likely N-dealkylation sites (tertiary alicyclic amines) is 2. The number of hydrogen-bond donors (Lipinski definition) is 2. The number of rotatable bonds is 19. The smallest absolute Gasteiger partial charge is 0.326 e. The number of likely N-dealkylation sites (N-methyl/N-ethyl adjacent to an activating group) is 2. The maximum atomic E-state index is 14.5. The van der Waals surface area contributed by atoms with Crippen molar-refractivity contribution in [3.05, 3.63) is 35.9 Å². The molecule has 1 saturated carbocycles. The number of ether oxygens (including phenoxy) is 2. The molecule has 58 heavy (non-hydrogen) atoms. The van der Waals surface area contributed by atoms with Gasteiger partial charge in [0.1, 0.15) is 12.1 Å². The highest BCUT2D eigenvalue weighted by atomic mass is 16.5. The number of fused-ring (bicyclic) bond motifs is 2. The molecule has 3 aliphatic rings. The summed E-state index contributed by atoms with van der Waals surface area (Å²) in [5, 5.41) is 13.6. The van der Waals surface area contributed by atoms with Crippen molar-refractivity contribution in [1.82, 2.24) is 24.9 Å². The van der Waals surface area contributed by atoms with Crippen LogP contribution in [0.25, 0.3) is 0 Å². The van der Waals surface area contributed by atoms with E-state index in [0.717, 1.165) is 31.2 Å². The topological polar surface area (TPSA) is 149 Å². The van der Waals surface area contributed by atoms with Gasteiger partial charge in [-0.1, -0.05) is 71.4 Å². The number of carbonyl (C=O) groups excluding carboxylic acids is 4. The van der Waals surface area contributed by atoms with Gasteiger partial charge in [-0.05, 0) is 83.2 Å². The minimum atomic E-state index is -1.11. The third-order valence-corrected chi connectivity index (χ3v) is 13.5. The van der Waals surface area contributed by atoms with Crippen LogP contribution in [0.5, 0.6) is 0 Å². The number of nitrogens with one attached hydrogen (secondary N) is 1. The second-order valence-electron chi connectivity index (χ2n) is 18.6. The fraction of sp³-hybridized carbons (Fsp3) is 0.756. The van der Waals surface area contributed by atoms with Gasteiger partial charge >= 0.3 is 5.97 Å². The first-order valence-corrected chi connectivity index (χ1v) is 21.5. The summed E-state index contributed by atoms with van der Waals surface area (Å²) in [6, 6.07) is 6.71. The van der Waals surface area contributed by atoms with Crippen LogP contribution in [0.2, 0.25) is 0 Å². The summed E-state index contributed by atoms with van der Waals surface area (Å²) in [4.78, 5) is 76.9. The number of nitrogens with zero attached hydrogens (tertiary/aromatic N) is 4. The van der Waals surface area contributed by atoms with E-state index < -0.39 is 53.8 Å². The van der Waals surface area contributed by atoms with E-state index in [1.54, 1.807) is 30.9 Å². The molecule has 1 aromatic carbocycles. The van der Waals surface area contributed by atoms with E-state index in [-0.39, 0.29) is 54.3 Å². The number of hydrogen-bond acceptors (Lipinski definition) is 8. The molecule has 1 aromatic rings. The predicted octanol–water partition coefficient (Wildman–Crippen LogP) is 4.85. The normalized spacial score (nSPS) is 24.5. The van der Waals surface area contributed by atoms with E-state index in [2.05, 4.69) is 10.2 Å². The van der Waals surface area contributed by atoms with Crippen LogP contribution < -0.4 is 5.32 Å². The number of amides is 4. The van der Waals surface area contributed by atoms with Crippen LogP contribution in [-0.4, -0.2) is 143 Å². The largest absolute Gasteiger partial charge is 0.480 e. The first-order valence-electron chi connectivity index (χ1n) is 21.5. The Hall–Kier alpha value is -3.55. The van der Waals surface area contributed by atoms with Crippen molar-refractivity contribution in [3.8, 4) is 0 Å². The number of carboxylic acids is 1. The summed E-state index contributed by atoms with van der Waals surface area (Å²) < 4.78 is 12.1. The zero-order chi connectivity index (χ0) is 43.2. The van der Waals surface area contributed by atoms with Gasteiger partial charge in [0.05, 0.1) is 42.7 Å². The minimum Gasteiger partial charge on any atom is -0.480 e. The fourth-order valence-corrected chi connectivity index (χ4v) is 10.2.